The number of phenols is 2. The highest BCUT2D eigenvalue weighted by Crippen LogP contribution is 2.20. The van der Waals surface area contributed by atoms with Crippen molar-refractivity contribution in [2.75, 3.05) is 0 Å². The summed E-state index contributed by atoms with van der Waals surface area (Å²) < 4.78 is 0. The SMILES string of the molecule is CCc1ccc(C(=O)N/N=C/c2ccc(O)cc2O)cc1. The van der Waals surface area contributed by atoms with Crippen molar-refractivity contribution in [2.24, 2.45) is 5.10 Å². The van der Waals surface area contributed by atoms with Crippen molar-refractivity contribution >= 4 is 12.1 Å². The van der Waals surface area contributed by atoms with Crippen LogP contribution in [0, 0.1) is 0 Å². The predicted molar refractivity (Wildman–Crippen MR) is 80.7 cm³/mol. The van der Waals surface area contributed by atoms with E-state index in [9.17, 15) is 9.90 Å². The fourth-order valence-corrected chi connectivity index (χ4v) is 1.76. The van der Waals surface area contributed by atoms with Crippen molar-refractivity contribution in [3.8, 4) is 11.5 Å². The van der Waals surface area contributed by atoms with Gasteiger partial charge in [-0.3, -0.25) is 4.79 Å². The van der Waals surface area contributed by atoms with E-state index in [1.807, 2.05) is 19.1 Å². The number of hydrazone groups is 1. The van der Waals surface area contributed by atoms with Crippen LogP contribution in [0.1, 0.15) is 28.4 Å². The zero-order valence-electron chi connectivity index (χ0n) is 11.6. The fourth-order valence-electron chi connectivity index (χ4n) is 1.76. The summed E-state index contributed by atoms with van der Waals surface area (Å²) in [5.41, 5.74) is 4.45. The lowest BCUT2D eigenvalue weighted by atomic mass is 10.1. The lowest BCUT2D eigenvalue weighted by molar-refractivity contribution is 0.0955. The van der Waals surface area contributed by atoms with E-state index in [0.29, 0.717) is 11.1 Å². The Morgan fingerprint density at radius 2 is 1.90 bits per heavy atom. The Labute approximate surface area is 122 Å². The largest absolute Gasteiger partial charge is 0.508 e. The fraction of sp³-hybridized carbons (Fsp3) is 0.125. The quantitative estimate of drug-likeness (QED) is 0.595. The molecule has 2 aromatic rings. The van der Waals surface area contributed by atoms with E-state index in [2.05, 4.69) is 10.5 Å². The van der Waals surface area contributed by atoms with Crippen molar-refractivity contribution < 1.29 is 15.0 Å². The van der Waals surface area contributed by atoms with Crippen LogP contribution >= 0.6 is 0 Å². The van der Waals surface area contributed by atoms with Gasteiger partial charge >= 0.3 is 0 Å². The van der Waals surface area contributed by atoms with Crippen LogP contribution in [0.2, 0.25) is 0 Å². The molecular weight excluding hydrogens is 268 g/mol. The molecule has 0 fully saturated rings. The Balaban J connectivity index is 2.01. The number of carbonyl (C=O) groups excluding carboxylic acids is 1. The molecular formula is C16H16N2O3. The Bertz CT molecular complexity index is 664. The summed E-state index contributed by atoms with van der Waals surface area (Å²) in [4.78, 5) is 11.8. The van der Waals surface area contributed by atoms with Crippen LogP contribution in [0.5, 0.6) is 11.5 Å². The van der Waals surface area contributed by atoms with E-state index in [-0.39, 0.29) is 17.4 Å². The number of rotatable bonds is 4. The minimum Gasteiger partial charge on any atom is -0.508 e. The summed E-state index contributed by atoms with van der Waals surface area (Å²) in [6, 6.07) is 11.4. The van der Waals surface area contributed by atoms with Gasteiger partial charge in [0.25, 0.3) is 5.91 Å². The van der Waals surface area contributed by atoms with Crippen LogP contribution in [-0.4, -0.2) is 22.3 Å². The highest BCUT2D eigenvalue weighted by Gasteiger charge is 2.04. The topological polar surface area (TPSA) is 81.9 Å². The molecule has 108 valence electrons. The molecule has 0 radical (unpaired) electrons. The number of carbonyl (C=O) groups is 1. The van der Waals surface area contributed by atoms with E-state index in [4.69, 9.17) is 5.11 Å². The van der Waals surface area contributed by atoms with Gasteiger partial charge in [0.05, 0.1) is 6.21 Å². The Morgan fingerprint density at radius 1 is 1.19 bits per heavy atom. The number of nitrogens with zero attached hydrogens (tertiary/aromatic N) is 1. The first kappa shape index (κ1) is 14.6. The molecule has 0 unspecified atom stereocenters. The molecule has 21 heavy (non-hydrogen) atoms. The second-order valence-corrected chi connectivity index (χ2v) is 4.49. The number of amides is 1. The maximum Gasteiger partial charge on any atom is 0.271 e. The third-order valence-electron chi connectivity index (χ3n) is 3.01. The lowest BCUT2D eigenvalue weighted by Gasteiger charge is -2.02. The van der Waals surface area contributed by atoms with Gasteiger partial charge in [0.1, 0.15) is 11.5 Å². The van der Waals surface area contributed by atoms with Crippen LogP contribution < -0.4 is 5.43 Å². The summed E-state index contributed by atoms with van der Waals surface area (Å²) in [5, 5.41) is 22.5. The normalized spacial score (nSPS) is 10.7. The van der Waals surface area contributed by atoms with Crippen LogP contribution in [0.3, 0.4) is 0 Å². The van der Waals surface area contributed by atoms with E-state index in [1.54, 1.807) is 12.1 Å². The molecule has 2 rings (SSSR count). The van der Waals surface area contributed by atoms with Crippen molar-refractivity contribution in [3.63, 3.8) is 0 Å². The molecule has 0 aliphatic carbocycles. The highest BCUT2D eigenvalue weighted by atomic mass is 16.3. The Kier molecular flexibility index (Phi) is 4.56. The van der Waals surface area contributed by atoms with Gasteiger partial charge in [-0.2, -0.15) is 5.10 Å². The molecule has 3 N–H and O–H groups in total. The van der Waals surface area contributed by atoms with Crippen molar-refractivity contribution in [1.82, 2.24) is 5.43 Å². The van der Waals surface area contributed by atoms with Crippen LogP contribution in [-0.2, 0) is 6.42 Å². The first-order chi connectivity index (χ1) is 10.1. The standard InChI is InChI=1S/C16H16N2O3/c1-2-11-3-5-12(6-4-11)16(21)18-17-10-13-7-8-14(19)9-15(13)20/h3-10,19-20H,2H2,1H3,(H,18,21)/b17-10+. The number of hydrogen-bond donors (Lipinski definition) is 3. The summed E-state index contributed by atoms with van der Waals surface area (Å²) >= 11 is 0. The average molecular weight is 284 g/mol. The van der Waals surface area contributed by atoms with Gasteiger partial charge in [0.15, 0.2) is 0 Å². The minimum atomic E-state index is -0.327. The lowest BCUT2D eigenvalue weighted by Crippen LogP contribution is -2.17. The number of phenolic OH excluding ortho intramolecular Hbond substituents is 2. The van der Waals surface area contributed by atoms with E-state index in [1.165, 1.54) is 24.4 Å². The van der Waals surface area contributed by atoms with E-state index >= 15 is 0 Å². The first-order valence-corrected chi connectivity index (χ1v) is 6.54. The molecule has 0 heterocycles. The number of aromatic hydroxyl groups is 2. The molecule has 2 aromatic carbocycles. The highest BCUT2D eigenvalue weighted by molar-refractivity contribution is 5.95. The maximum absolute atomic E-state index is 11.8. The Hall–Kier alpha value is -2.82. The second-order valence-electron chi connectivity index (χ2n) is 4.49. The first-order valence-electron chi connectivity index (χ1n) is 6.54. The molecule has 1 amide bonds. The third kappa shape index (κ3) is 3.82. The molecule has 0 saturated carbocycles. The molecule has 0 bridgehead atoms. The molecule has 0 aromatic heterocycles. The molecule has 5 nitrogen and oxygen atoms in total. The van der Waals surface area contributed by atoms with Crippen molar-refractivity contribution in [3.05, 3.63) is 59.2 Å². The molecule has 0 aliphatic heterocycles. The van der Waals surface area contributed by atoms with Gasteiger partial charge in [0.2, 0.25) is 0 Å². The Morgan fingerprint density at radius 3 is 2.52 bits per heavy atom. The minimum absolute atomic E-state index is 0.0373. The maximum atomic E-state index is 11.8. The zero-order valence-corrected chi connectivity index (χ0v) is 11.6. The van der Waals surface area contributed by atoms with Gasteiger partial charge in [-0.25, -0.2) is 5.43 Å². The number of hydrogen-bond acceptors (Lipinski definition) is 4. The van der Waals surface area contributed by atoms with Gasteiger partial charge in [0, 0.05) is 17.2 Å². The van der Waals surface area contributed by atoms with Gasteiger partial charge in [-0.1, -0.05) is 19.1 Å². The van der Waals surface area contributed by atoms with Crippen molar-refractivity contribution in [1.29, 1.82) is 0 Å². The second kappa shape index (κ2) is 6.56. The summed E-state index contributed by atoms with van der Waals surface area (Å²) in [6.07, 6.45) is 2.23. The zero-order chi connectivity index (χ0) is 15.2. The van der Waals surface area contributed by atoms with E-state index < -0.39 is 0 Å². The van der Waals surface area contributed by atoms with Gasteiger partial charge in [-0.05, 0) is 36.2 Å². The van der Waals surface area contributed by atoms with Gasteiger partial charge < -0.3 is 10.2 Å². The summed E-state index contributed by atoms with van der Waals surface area (Å²) in [5.74, 6) is -0.475. The third-order valence-corrected chi connectivity index (χ3v) is 3.01. The van der Waals surface area contributed by atoms with Crippen LogP contribution in [0.4, 0.5) is 0 Å². The van der Waals surface area contributed by atoms with Crippen molar-refractivity contribution in [2.45, 2.75) is 13.3 Å². The van der Waals surface area contributed by atoms with E-state index in [0.717, 1.165) is 12.0 Å². The molecule has 0 spiro atoms. The predicted octanol–water partition coefficient (Wildman–Crippen LogP) is 2.42. The number of benzene rings is 2. The molecule has 0 aliphatic rings. The number of aryl methyl sites for hydroxylation is 1. The average Bonchev–Trinajstić information content (AvgIpc) is 2.49. The van der Waals surface area contributed by atoms with Crippen LogP contribution in [0.15, 0.2) is 47.6 Å². The van der Waals surface area contributed by atoms with Gasteiger partial charge in [-0.15, -0.1) is 0 Å². The summed E-state index contributed by atoms with van der Waals surface area (Å²) in [7, 11) is 0. The molecule has 0 saturated heterocycles. The summed E-state index contributed by atoms with van der Waals surface area (Å²) in [6.45, 7) is 2.05. The smallest absolute Gasteiger partial charge is 0.271 e. The number of nitrogens with one attached hydrogen (secondary N) is 1. The molecule has 0 atom stereocenters. The monoisotopic (exact) mass is 284 g/mol. The van der Waals surface area contributed by atoms with Crippen LogP contribution in [0.25, 0.3) is 0 Å². The molecule has 5 heteroatoms.